The Morgan fingerprint density at radius 3 is 2.21 bits per heavy atom. The van der Waals surface area contributed by atoms with E-state index in [-0.39, 0.29) is 28.8 Å². The third-order valence-electron chi connectivity index (χ3n) is 6.07. The molecule has 6 nitrogen and oxygen atoms in total. The average molecular weight is 491 g/mol. The Balaban J connectivity index is 1.89. The van der Waals surface area contributed by atoms with Crippen molar-refractivity contribution in [3.05, 3.63) is 36.0 Å². The molecule has 34 heavy (non-hydrogen) atoms. The van der Waals surface area contributed by atoms with Crippen molar-refractivity contribution in [2.75, 3.05) is 17.7 Å². The SMILES string of the molecule is CN1C(C)(C)CC(Nc2nc(Nc3cccc(OC(F)(F)F)c3)ncc2C(F)(F)F)CC1(C)C. The van der Waals surface area contributed by atoms with Crippen LogP contribution in [0.4, 0.5) is 43.8 Å². The monoisotopic (exact) mass is 491 g/mol. The number of halogens is 6. The fourth-order valence-corrected chi connectivity index (χ4v) is 4.33. The second-order valence-electron chi connectivity index (χ2n) is 9.59. The predicted molar refractivity (Wildman–Crippen MR) is 116 cm³/mol. The molecule has 0 bridgehead atoms. The van der Waals surface area contributed by atoms with Gasteiger partial charge in [0.2, 0.25) is 5.95 Å². The van der Waals surface area contributed by atoms with Crippen LogP contribution in [0.2, 0.25) is 0 Å². The van der Waals surface area contributed by atoms with E-state index in [9.17, 15) is 26.3 Å². The maximum atomic E-state index is 13.7. The van der Waals surface area contributed by atoms with Crippen LogP contribution in [-0.4, -0.2) is 45.4 Å². The number of anilines is 3. The zero-order valence-corrected chi connectivity index (χ0v) is 19.4. The summed E-state index contributed by atoms with van der Waals surface area (Å²) in [6.07, 6.45) is -7.77. The third kappa shape index (κ3) is 6.22. The van der Waals surface area contributed by atoms with Gasteiger partial charge >= 0.3 is 12.5 Å². The molecular formula is C22H27F6N5O. The van der Waals surface area contributed by atoms with Gasteiger partial charge in [0.05, 0.1) is 0 Å². The van der Waals surface area contributed by atoms with Crippen LogP contribution in [0.1, 0.15) is 46.1 Å². The molecule has 0 spiro atoms. The first kappa shape index (κ1) is 25.9. The van der Waals surface area contributed by atoms with Crippen LogP contribution in [0, 0.1) is 0 Å². The van der Waals surface area contributed by atoms with E-state index >= 15 is 0 Å². The number of likely N-dealkylation sites (tertiary alicyclic amines) is 1. The summed E-state index contributed by atoms with van der Waals surface area (Å²) in [6, 6.07) is 4.56. The second-order valence-corrected chi connectivity index (χ2v) is 9.59. The molecule has 1 aromatic heterocycles. The highest BCUT2D eigenvalue weighted by Crippen LogP contribution is 2.40. The summed E-state index contributed by atoms with van der Waals surface area (Å²) in [4.78, 5) is 9.93. The number of nitrogens with one attached hydrogen (secondary N) is 2. The van der Waals surface area contributed by atoms with Gasteiger partial charge < -0.3 is 15.4 Å². The Bertz CT molecular complexity index is 1000. The Hall–Kier alpha value is -2.76. The first-order valence-corrected chi connectivity index (χ1v) is 10.5. The maximum Gasteiger partial charge on any atom is 0.573 e. The van der Waals surface area contributed by atoms with E-state index in [1.165, 1.54) is 12.1 Å². The van der Waals surface area contributed by atoms with Crippen molar-refractivity contribution in [1.29, 1.82) is 0 Å². The van der Waals surface area contributed by atoms with Gasteiger partial charge in [-0.05, 0) is 59.7 Å². The number of alkyl halides is 6. The highest BCUT2D eigenvalue weighted by atomic mass is 19.4. The highest BCUT2D eigenvalue weighted by Gasteiger charge is 2.44. The van der Waals surface area contributed by atoms with Gasteiger partial charge in [-0.3, -0.25) is 4.90 Å². The summed E-state index contributed by atoms with van der Waals surface area (Å²) in [5.74, 6) is -1.08. The lowest BCUT2D eigenvalue weighted by Crippen LogP contribution is -2.61. The Morgan fingerprint density at radius 2 is 1.65 bits per heavy atom. The number of hydrogen-bond acceptors (Lipinski definition) is 6. The summed E-state index contributed by atoms with van der Waals surface area (Å²) < 4.78 is 82.3. The van der Waals surface area contributed by atoms with Crippen molar-refractivity contribution < 1.29 is 31.1 Å². The molecule has 0 amide bonds. The Morgan fingerprint density at radius 1 is 1.03 bits per heavy atom. The summed E-state index contributed by atoms with van der Waals surface area (Å²) in [5, 5.41) is 5.59. The average Bonchev–Trinajstić information content (AvgIpc) is 2.64. The van der Waals surface area contributed by atoms with E-state index < -0.39 is 29.7 Å². The molecule has 2 aromatic rings. The summed E-state index contributed by atoms with van der Waals surface area (Å²) >= 11 is 0. The van der Waals surface area contributed by atoms with Gasteiger partial charge in [-0.25, -0.2) is 4.98 Å². The van der Waals surface area contributed by atoms with Gasteiger partial charge in [0, 0.05) is 35.1 Å². The molecule has 1 fully saturated rings. The second kappa shape index (κ2) is 8.79. The number of hydrogen-bond donors (Lipinski definition) is 2. The largest absolute Gasteiger partial charge is 0.573 e. The van der Waals surface area contributed by atoms with Crippen molar-refractivity contribution >= 4 is 17.5 Å². The first-order chi connectivity index (χ1) is 15.5. The van der Waals surface area contributed by atoms with Crippen LogP contribution in [0.15, 0.2) is 30.5 Å². The lowest BCUT2D eigenvalue weighted by atomic mass is 9.77. The van der Waals surface area contributed by atoms with Crippen LogP contribution in [0.3, 0.4) is 0 Å². The smallest absolute Gasteiger partial charge is 0.406 e. The number of ether oxygens (including phenoxy) is 1. The molecule has 1 saturated heterocycles. The van der Waals surface area contributed by atoms with E-state index in [1.807, 2.05) is 34.7 Å². The van der Waals surface area contributed by atoms with Crippen LogP contribution < -0.4 is 15.4 Å². The maximum absolute atomic E-state index is 13.7. The van der Waals surface area contributed by atoms with E-state index in [4.69, 9.17) is 0 Å². The van der Waals surface area contributed by atoms with Crippen molar-refractivity contribution in [3.63, 3.8) is 0 Å². The molecule has 0 unspecified atom stereocenters. The Kier molecular flexibility index (Phi) is 6.68. The molecule has 0 aliphatic carbocycles. The van der Waals surface area contributed by atoms with Gasteiger partial charge in [-0.1, -0.05) is 6.07 Å². The van der Waals surface area contributed by atoms with E-state index in [1.54, 1.807) is 0 Å². The van der Waals surface area contributed by atoms with Crippen molar-refractivity contribution in [2.24, 2.45) is 0 Å². The molecule has 2 N–H and O–H groups in total. The molecule has 1 aromatic carbocycles. The first-order valence-electron chi connectivity index (χ1n) is 10.5. The molecular weight excluding hydrogens is 464 g/mol. The topological polar surface area (TPSA) is 62.3 Å². The molecule has 188 valence electrons. The summed E-state index contributed by atoms with van der Waals surface area (Å²) in [5.41, 5.74) is -1.45. The van der Waals surface area contributed by atoms with Crippen LogP contribution in [-0.2, 0) is 6.18 Å². The molecule has 2 heterocycles. The molecule has 0 saturated carbocycles. The summed E-state index contributed by atoms with van der Waals surface area (Å²) in [6.45, 7) is 8.10. The van der Waals surface area contributed by atoms with E-state index in [2.05, 4.69) is 30.2 Å². The lowest BCUT2D eigenvalue weighted by Gasteiger charge is -2.53. The standard InChI is InChI=1S/C22H27F6N5O/c1-19(2)10-14(11-20(3,4)33(19)5)30-17-16(21(23,24)25)12-29-18(32-17)31-13-7-6-8-15(9-13)34-22(26,27)28/h6-9,12,14H,10-11H2,1-5H3,(H2,29,30,31,32). The van der Waals surface area contributed by atoms with Gasteiger partial charge in [0.15, 0.2) is 0 Å². The number of piperidine rings is 1. The van der Waals surface area contributed by atoms with E-state index in [0.29, 0.717) is 19.0 Å². The fourth-order valence-electron chi connectivity index (χ4n) is 4.33. The number of aromatic nitrogens is 2. The van der Waals surface area contributed by atoms with Gasteiger partial charge in [0.25, 0.3) is 0 Å². The van der Waals surface area contributed by atoms with Gasteiger partial charge in [-0.2, -0.15) is 18.2 Å². The molecule has 1 aliphatic rings. The number of nitrogens with zero attached hydrogens (tertiary/aromatic N) is 3. The molecule has 0 atom stereocenters. The molecule has 3 rings (SSSR count). The minimum absolute atomic E-state index is 0.119. The van der Waals surface area contributed by atoms with Gasteiger partial charge in [-0.15, -0.1) is 13.2 Å². The normalized spacial score (nSPS) is 19.0. The molecule has 0 radical (unpaired) electrons. The zero-order chi connectivity index (χ0) is 25.5. The zero-order valence-electron chi connectivity index (χ0n) is 19.4. The summed E-state index contributed by atoms with van der Waals surface area (Å²) in [7, 11) is 1.99. The van der Waals surface area contributed by atoms with Crippen LogP contribution >= 0.6 is 0 Å². The molecule has 1 aliphatic heterocycles. The quantitative estimate of drug-likeness (QED) is 0.486. The number of benzene rings is 1. The minimum atomic E-state index is -4.88. The van der Waals surface area contributed by atoms with Crippen molar-refractivity contribution in [2.45, 2.75) is 70.2 Å². The highest BCUT2D eigenvalue weighted by molar-refractivity contribution is 5.58. The van der Waals surface area contributed by atoms with Crippen molar-refractivity contribution in [1.82, 2.24) is 14.9 Å². The Labute approximate surface area is 193 Å². The predicted octanol–water partition coefficient (Wildman–Crippen LogP) is 6.20. The fraction of sp³-hybridized carbons (Fsp3) is 0.545. The molecule has 12 heteroatoms. The lowest BCUT2D eigenvalue weighted by molar-refractivity contribution is -0.274. The van der Waals surface area contributed by atoms with Gasteiger partial charge in [0.1, 0.15) is 17.1 Å². The van der Waals surface area contributed by atoms with Crippen molar-refractivity contribution in [3.8, 4) is 5.75 Å². The van der Waals surface area contributed by atoms with Crippen LogP contribution in [0.25, 0.3) is 0 Å². The minimum Gasteiger partial charge on any atom is -0.406 e. The van der Waals surface area contributed by atoms with E-state index in [0.717, 1.165) is 12.1 Å². The van der Waals surface area contributed by atoms with Crippen LogP contribution in [0.5, 0.6) is 5.75 Å². The third-order valence-corrected chi connectivity index (χ3v) is 6.07. The number of rotatable bonds is 5.